The molecule has 4 rings (SSSR count). The van der Waals surface area contributed by atoms with E-state index in [-0.39, 0.29) is 28.2 Å². The number of hydrogen-bond donors (Lipinski definition) is 3. The predicted molar refractivity (Wildman–Crippen MR) is 157 cm³/mol. The molecule has 0 radical (unpaired) electrons. The third kappa shape index (κ3) is 6.17. The minimum absolute atomic E-state index is 0.0161. The minimum Gasteiger partial charge on any atom is -0.468 e. The number of nitrogens with one attached hydrogen (secondary N) is 3. The van der Waals surface area contributed by atoms with Crippen molar-refractivity contribution in [1.29, 1.82) is 5.26 Å². The number of carbonyl (C=O) groups excluding carboxylic acids is 2. The van der Waals surface area contributed by atoms with Gasteiger partial charge in [0.1, 0.15) is 5.76 Å². The number of thioether (sulfide) groups is 1. The SMILES string of the molecule is CC1=C(C(=O)Nc2c(C)cc(C)cc2C)[C@@H](c2ccco2)C(C#N)=C(SCC(=O)Nc2cccc(Cl)c2Cl)N1. The van der Waals surface area contributed by atoms with Crippen molar-refractivity contribution in [2.24, 2.45) is 0 Å². The van der Waals surface area contributed by atoms with Crippen molar-refractivity contribution in [3.63, 3.8) is 0 Å². The van der Waals surface area contributed by atoms with E-state index in [2.05, 4.69) is 22.0 Å². The molecule has 1 aliphatic rings. The van der Waals surface area contributed by atoms with Gasteiger partial charge in [0.05, 0.1) is 55.9 Å². The second kappa shape index (κ2) is 12.0. The van der Waals surface area contributed by atoms with Gasteiger partial charge in [0, 0.05) is 11.4 Å². The van der Waals surface area contributed by atoms with E-state index in [9.17, 15) is 14.9 Å². The van der Waals surface area contributed by atoms with Crippen molar-refractivity contribution in [1.82, 2.24) is 5.32 Å². The molecule has 0 unspecified atom stereocenters. The first-order chi connectivity index (χ1) is 18.6. The third-order valence-electron chi connectivity index (χ3n) is 6.21. The number of nitrogens with zero attached hydrogens (tertiary/aromatic N) is 1. The summed E-state index contributed by atoms with van der Waals surface area (Å²) in [6, 6.07) is 14.6. The van der Waals surface area contributed by atoms with E-state index in [1.807, 2.05) is 32.9 Å². The zero-order chi connectivity index (χ0) is 28.3. The van der Waals surface area contributed by atoms with Crippen LogP contribution in [0.1, 0.15) is 35.3 Å². The molecule has 3 N–H and O–H groups in total. The lowest BCUT2D eigenvalue weighted by Gasteiger charge is -2.28. The summed E-state index contributed by atoms with van der Waals surface area (Å²) in [5.74, 6) is -1.01. The molecule has 10 heteroatoms. The highest BCUT2D eigenvalue weighted by Gasteiger charge is 2.36. The van der Waals surface area contributed by atoms with Gasteiger partial charge in [0.25, 0.3) is 5.91 Å². The smallest absolute Gasteiger partial charge is 0.254 e. The van der Waals surface area contributed by atoms with Gasteiger partial charge >= 0.3 is 0 Å². The van der Waals surface area contributed by atoms with Crippen LogP contribution in [0.5, 0.6) is 0 Å². The molecule has 1 atom stereocenters. The molecule has 7 nitrogen and oxygen atoms in total. The number of dihydropyridines is 1. The number of nitriles is 1. The molecule has 0 aliphatic carbocycles. The first-order valence-electron chi connectivity index (χ1n) is 12.0. The van der Waals surface area contributed by atoms with E-state index in [1.54, 1.807) is 37.3 Å². The molecular formula is C29H26Cl2N4O3S. The summed E-state index contributed by atoms with van der Waals surface area (Å²) in [5, 5.41) is 20.2. The second-order valence-electron chi connectivity index (χ2n) is 9.13. The summed E-state index contributed by atoms with van der Waals surface area (Å²) in [6.07, 6.45) is 1.50. The summed E-state index contributed by atoms with van der Waals surface area (Å²) in [5.41, 5.74) is 5.29. The molecule has 0 fully saturated rings. The van der Waals surface area contributed by atoms with Gasteiger partial charge in [-0.3, -0.25) is 9.59 Å². The summed E-state index contributed by atoms with van der Waals surface area (Å²) >= 11 is 13.4. The highest BCUT2D eigenvalue weighted by atomic mass is 35.5. The van der Waals surface area contributed by atoms with Gasteiger partial charge in [-0.15, -0.1) is 0 Å². The second-order valence-corrected chi connectivity index (χ2v) is 10.9. The lowest BCUT2D eigenvalue weighted by atomic mass is 9.85. The molecule has 2 amide bonds. The highest BCUT2D eigenvalue weighted by molar-refractivity contribution is 8.03. The Balaban J connectivity index is 1.61. The molecule has 1 aliphatic heterocycles. The van der Waals surface area contributed by atoms with Crippen LogP contribution in [0.4, 0.5) is 11.4 Å². The van der Waals surface area contributed by atoms with Gasteiger partial charge in [0.15, 0.2) is 0 Å². The lowest BCUT2D eigenvalue weighted by Crippen LogP contribution is -2.31. The average molecular weight is 582 g/mol. The number of carbonyl (C=O) groups is 2. The molecule has 200 valence electrons. The van der Waals surface area contributed by atoms with Crippen LogP contribution in [-0.2, 0) is 9.59 Å². The number of anilines is 2. The molecule has 0 saturated carbocycles. The Morgan fingerprint density at radius 1 is 1.08 bits per heavy atom. The third-order valence-corrected chi connectivity index (χ3v) is 8.04. The van der Waals surface area contributed by atoms with Crippen LogP contribution in [0.3, 0.4) is 0 Å². The fourth-order valence-electron chi connectivity index (χ4n) is 4.55. The summed E-state index contributed by atoms with van der Waals surface area (Å²) in [7, 11) is 0. The van der Waals surface area contributed by atoms with Gasteiger partial charge in [-0.1, -0.05) is 58.7 Å². The molecule has 3 aromatic rings. The predicted octanol–water partition coefficient (Wildman–Crippen LogP) is 7.22. The van der Waals surface area contributed by atoms with E-state index in [0.29, 0.717) is 32.8 Å². The fraction of sp³-hybridized carbons (Fsp3) is 0.207. The van der Waals surface area contributed by atoms with Crippen LogP contribution < -0.4 is 16.0 Å². The number of benzene rings is 2. The Hall–Kier alpha value is -3.64. The van der Waals surface area contributed by atoms with Crippen LogP contribution in [0.15, 0.2) is 75.0 Å². The number of rotatable bonds is 7. The van der Waals surface area contributed by atoms with Crippen molar-refractivity contribution in [2.75, 3.05) is 16.4 Å². The summed E-state index contributed by atoms with van der Waals surface area (Å²) < 4.78 is 5.68. The normalized spacial score (nSPS) is 15.1. The number of allylic oxidation sites excluding steroid dienone is 2. The monoisotopic (exact) mass is 580 g/mol. The maximum absolute atomic E-state index is 13.7. The first kappa shape index (κ1) is 28.4. The van der Waals surface area contributed by atoms with Gasteiger partial charge in [-0.05, 0) is 63.1 Å². The Kier molecular flexibility index (Phi) is 8.76. The first-order valence-corrected chi connectivity index (χ1v) is 13.8. The van der Waals surface area contributed by atoms with Gasteiger partial charge in [-0.25, -0.2) is 0 Å². The van der Waals surface area contributed by atoms with Crippen LogP contribution in [0.2, 0.25) is 10.0 Å². The fourth-order valence-corrected chi connectivity index (χ4v) is 5.79. The van der Waals surface area contributed by atoms with Gasteiger partial charge in [0.2, 0.25) is 5.91 Å². The van der Waals surface area contributed by atoms with E-state index in [4.69, 9.17) is 27.6 Å². The van der Waals surface area contributed by atoms with Crippen molar-refractivity contribution in [2.45, 2.75) is 33.6 Å². The number of hydrogen-bond acceptors (Lipinski definition) is 6. The molecule has 2 aromatic carbocycles. The topological polar surface area (TPSA) is 107 Å². The average Bonchev–Trinajstić information content (AvgIpc) is 3.42. The van der Waals surface area contributed by atoms with Crippen LogP contribution in [0.25, 0.3) is 0 Å². The van der Waals surface area contributed by atoms with Crippen LogP contribution in [0, 0.1) is 32.1 Å². The Bertz CT molecular complexity index is 1530. The van der Waals surface area contributed by atoms with Crippen LogP contribution >= 0.6 is 35.0 Å². The Morgan fingerprint density at radius 3 is 2.44 bits per heavy atom. The molecule has 1 aromatic heterocycles. The standard InChI is InChI=1S/C29H26Cl2N4O3S/c1-15-11-16(2)27(17(3)12-15)35-28(37)24-18(4)33-29(19(13-32)25(24)22-9-6-10-38-22)39-14-23(36)34-21-8-5-7-20(30)26(21)31/h5-12,25,33H,14H2,1-4H3,(H,34,36)(H,35,37)/t25-/m1/s1. The molecule has 0 bridgehead atoms. The van der Waals surface area contributed by atoms with Gasteiger partial charge in [-0.2, -0.15) is 5.26 Å². The number of furan rings is 1. The number of aryl methyl sites for hydroxylation is 3. The van der Waals surface area contributed by atoms with E-state index in [0.717, 1.165) is 34.1 Å². The molecule has 2 heterocycles. The minimum atomic E-state index is -0.759. The molecule has 0 spiro atoms. The van der Waals surface area contributed by atoms with Crippen molar-refractivity contribution >= 4 is 58.2 Å². The van der Waals surface area contributed by atoms with Crippen LogP contribution in [-0.4, -0.2) is 17.6 Å². The quantitative estimate of drug-likeness (QED) is 0.272. The Labute approximate surface area is 241 Å². The van der Waals surface area contributed by atoms with Gasteiger partial charge < -0.3 is 20.4 Å². The summed E-state index contributed by atoms with van der Waals surface area (Å²) in [4.78, 5) is 26.4. The number of amides is 2. The van der Waals surface area contributed by atoms with E-state index < -0.39 is 5.92 Å². The zero-order valence-corrected chi connectivity index (χ0v) is 24.1. The molecule has 39 heavy (non-hydrogen) atoms. The maximum Gasteiger partial charge on any atom is 0.254 e. The van der Waals surface area contributed by atoms with Crippen molar-refractivity contribution < 1.29 is 14.0 Å². The van der Waals surface area contributed by atoms with E-state index >= 15 is 0 Å². The highest BCUT2D eigenvalue weighted by Crippen LogP contribution is 2.41. The molecule has 0 saturated heterocycles. The zero-order valence-electron chi connectivity index (χ0n) is 21.7. The largest absolute Gasteiger partial charge is 0.468 e. The van der Waals surface area contributed by atoms with Crippen molar-refractivity contribution in [3.8, 4) is 6.07 Å². The Morgan fingerprint density at radius 2 is 1.79 bits per heavy atom. The van der Waals surface area contributed by atoms with E-state index in [1.165, 1.54) is 6.26 Å². The lowest BCUT2D eigenvalue weighted by molar-refractivity contribution is -0.114. The molecular weight excluding hydrogens is 555 g/mol. The summed E-state index contributed by atoms with van der Waals surface area (Å²) in [6.45, 7) is 7.65. The number of halogens is 2. The van der Waals surface area contributed by atoms with Crippen molar-refractivity contribution in [3.05, 3.63) is 103 Å². The maximum atomic E-state index is 13.7.